The normalized spacial score (nSPS) is 16.2. The number of piperidine rings is 1. The molecule has 0 radical (unpaired) electrons. The van der Waals surface area contributed by atoms with E-state index in [2.05, 4.69) is 71.0 Å². The van der Waals surface area contributed by atoms with E-state index in [9.17, 15) is 0 Å². The van der Waals surface area contributed by atoms with E-state index in [0.29, 0.717) is 0 Å². The van der Waals surface area contributed by atoms with Crippen molar-refractivity contribution in [2.24, 2.45) is 5.92 Å². The summed E-state index contributed by atoms with van der Waals surface area (Å²) in [5.74, 6) is 2.12. The fourth-order valence-electron chi connectivity index (χ4n) is 4.47. The highest BCUT2D eigenvalue weighted by Crippen LogP contribution is 2.25. The monoisotopic (exact) mass is 361 g/mol. The van der Waals surface area contributed by atoms with Crippen molar-refractivity contribution in [2.75, 3.05) is 13.1 Å². The number of hydrogen-bond acceptors (Lipinski definition) is 2. The van der Waals surface area contributed by atoms with Gasteiger partial charge in [-0.3, -0.25) is 4.90 Å². The summed E-state index contributed by atoms with van der Waals surface area (Å²) in [5.41, 5.74) is 3.88. The average molecular weight is 362 g/mol. The molecule has 0 spiro atoms. The van der Waals surface area contributed by atoms with Crippen LogP contribution in [0.2, 0.25) is 0 Å². The Bertz CT molecular complexity index is 844. The first-order chi connectivity index (χ1) is 13.3. The van der Waals surface area contributed by atoms with Gasteiger partial charge in [-0.05, 0) is 69.3 Å². The van der Waals surface area contributed by atoms with Gasteiger partial charge in [0.15, 0.2) is 0 Å². The second-order valence-electron chi connectivity index (χ2n) is 7.86. The van der Waals surface area contributed by atoms with E-state index < -0.39 is 0 Å². The van der Waals surface area contributed by atoms with Crippen LogP contribution in [0.15, 0.2) is 54.6 Å². The Balaban J connectivity index is 1.27. The molecule has 27 heavy (non-hydrogen) atoms. The Labute approximate surface area is 163 Å². The lowest BCUT2D eigenvalue weighted by molar-refractivity contribution is 0.166. The van der Waals surface area contributed by atoms with Crippen LogP contribution in [0.1, 0.15) is 44.0 Å². The number of nitrogens with zero attached hydrogens (tertiary/aromatic N) is 3. The van der Waals surface area contributed by atoms with E-state index in [1.807, 2.05) is 0 Å². The molecule has 4 rings (SSSR count). The summed E-state index contributed by atoms with van der Waals surface area (Å²) in [6.45, 7) is 6.62. The number of benzene rings is 2. The Kier molecular flexibility index (Phi) is 5.88. The van der Waals surface area contributed by atoms with E-state index in [1.165, 1.54) is 62.1 Å². The van der Waals surface area contributed by atoms with Gasteiger partial charge in [-0.25, -0.2) is 4.98 Å². The molecule has 1 aliphatic rings. The van der Waals surface area contributed by atoms with Crippen molar-refractivity contribution in [3.05, 3.63) is 66.0 Å². The predicted octanol–water partition coefficient (Wildman–Crippen LogP) is 5.29. The van der Waals surface area contributed by atoms with E-state index in [0.717, 1.165) is 24.5 Å². The molecule has 0 atom stereocenters. The Morgan fingerprint density at radius 3 is 2.48 bits per heavy atom. The SMILES string of the molecule is CCn1c(CN2CCC(CCCc3ccccc3)CC2)nc2ccccc21. The summed E-state index contributed by atoms with van der Waals surface area (Å²) in [6, 6.07) is 19.4. The third-order valence-electron chi connectivity index (χ3n) is 6.04. The molecule has 0 N–H and O–H groups in total. The lowest BCUT2D eigenvalue weighted by Gasteiger charge is -2.31. The zero-order valence-corrected chi connectivity index (χ0v) is 16.5. The number of likely N-dealkylation sites (tertiary alicyclic amines) is 1. The fourth-order valence-corrected chi connectivity index (χ4v) is 4.47. The number of hydrogen-bond donors (Lipinski definition) is 0. The molecular formula is C24H31N3. The predicted molar refractivity (Wildman–Crippen MR) is 113 cm³/mol. The van der Waals surface area contributed by atoms with Gasteiger partial charge in [0.05, 0.1) is 17.6 Å². The summed E-state index contributed by atoms with van der Waals surface area (Å²) in [7, 11) is 0. The molecule has 1 aliphatic heterocycles. The molecule has 2 heterocycles. The van der Waals surface area contributed by atoms with Gasteiger partial charge >= 0.3 is 0 Å². The first kappa shape index (κ1) is 18.2. The highest BCUT2D eigenvalue weighted by atomic mass is 15.2. The Morgan fingerprint density at radius 1 is 0.963 bits per heavy atom. The van der Waals surface area contributed by atoms with E-state index in [1.54, 1.807) is 0 Å². The summed E-state index contributed by atoms with van der Waals surface area (Å²) in [5, 5.41) is 0. The third kappa shape index (κ3) is 4.41. The van der Waals surface area contributed by atoms with Gasteiger partial charge < -0.3 is 4.57 Å². The summed E-state index contributed by atoms with van der Waals surface area (Å²) >= 11 is 0. The van der Waals surface area contributed by atoms with Gasteiger partial charge in [-0.2, -0.15) is 0 Å². The van der Waals surface area contributed by atoms with Crippen molar-refractivity contribution in [3.63, 3.8) is 0 Å². The molecule has 1 fully saturated rings. The minimum Gasteiger partial charge on any atom is -0.327 e. The smallest absolute Gasteiger partial charge is 0.124 e. The largest absolute Gasteiger partial charge is 0.327 e. The number of aryl methyl sites for hydroxylation is 2. The molecule has 0 bridgehead atoms. The van der Waals surface area contributed by atoms with Crippen LogP contribution >= 0.6 is 0 Å². The van der Waals surface area contributed by atoms with Crippen LogP contribution in [0, 0.1) is 5.92 Å². The van der Waals surface area contributed by atoms with Crippen LogP contribution in [0.5, 0.6) is 0 Å². The van der Waals surface area contributed by atoms with Crippen molar-refractivity contribution < 1.29 is 0 Å². The number of fused-ring (bicyclic) bond motifs is 1. The summed E-state index contributed by atoms with van der Waals surface area (Å²) < 4.78 is 2.38. The van der Waals surface area contributed by atoms with Crippen LogP contribution in [-0.4, -0.2) is 27.5 Å². The lowest BCUT2D eigenvalue weighted by atomic mass is 9.91. The number of imidazole rings is 1. The fraction of sp³-hybridized carbons (Fsp3) is 0.458. The summed E-state index contributed by atoms with van der Waals surface area (Å²) in [4.78, 5) is 7.50. The van der Waals surface area contributed by atoms with Crippen molar-refractivity contribution in [3.8, 4) is 0 Å². The zero-order valence-electron chi connectivity index (χ0n) is 16.5. The molecular weight excluding hydrogens is 330 g/mol. The van der Waals surface area contributed by atoms with Gasteiger partial charge in [-0.1, -0.05) is 48.9 Å². The molecule has 0 amide bonds. The van der Waals surface area contributed by atoms with Gasteiger partial charge in [0.2, 0.25) is 0 Å². The van der Waals surface area contributed by atoms with Crippen LogP contribution in [-0.2, 0) is 19.5 Å². The van der Waals surface area contributed by atoms with E-state index >= 15 is 0 Å². The molecule has 3 aromatic rings. The zero-order chi connectivity index (χ0) is 18.5. The topological polar surface area (TPSA) is 21.1 Å². The third-order valence-corrected chi connectivity index (χ3v) is 6.04. The Hall–Kier alpha value is -2.13. The van der Waals surface area contributed by atoms with Gasteiger partial charge in [-0.15, -0.1) is 0 Å². The lowest BCUT2D eigenvalue weighted by Crippen LogP contribution is -2.34. The molecule has 0 saturated carbocycles. The maximum absolute atomic E-state index is 4.90. The first-order valence-electron chi connectivity index (χ1n) is 10.5. The highest BCUT2D eigenvalue weighted by Gasteiger charge is 2.21. The molecule has 3 nitrogen and oxygen atoms in total. The molecule has 1 saturated heterocycles. The van der Waals surface area contributed by atoms with E-state index in [4.69, 9.17) is 4.98 Å². The number of aromatic nitrogens is 2. The molecule has 0 aliphatic carbocycles. The minimum absolute atomic E-state index is 0.898. The van der Waals surface area contributed by atoms with Crippen molar-refractivity contribution in [2.45, 2.75) is 52.1 Å². The summed E-state index contributed by atoms with van der Waals surface area (Å²) in [6.07, 6.45) is 6.58. The average Bonchev–Trinajstić information content (AvgIpc) is 3.07. The first-order valence-corrected chi connectivity index (χ1v) is 10.5. The number of rotatable bonds is 7. The van der Waals surface area contributed by atoms with Crippen LogP contribution in [0.3, 0.4) is 0 Å². The van der Waals surface area contributed by atoms with Crippen LogP contribution in [0.25, 0.3) is 11.0 Å². The maximum atomic E-state index is 4.90. The Morgan fingerprint density at radius 2 is 1.70 bits per heavy atom. The molecule has 0 unspecified atom stereocenters. The van der Waals surface area contributed by atoms with Gasteiger partial charge in [0, 0.05) is 6.54 Å². The van der Waals surface area contributed by atoms with Gasteiger partial charge in [0.25, 0.3) is 0 Å². The standard InChI is InChI=1S/C24H31N3/c1-2-27-23-14-7-6-13-22(23)25-24(27)19-26-17-15-21(16-18-26)12-8-11-20-9-4-3-5-10-20/h3-7,9-10,13-14,21H,2,8,11-12,15-19H2,1H3. The highest BCUT2D eigenvalue weighted by molar-refractivity contribution is 5.75. The quantitative estimate of drug-likeness (QED) is 0.570. The molecule has 142 valence electrons. The molecule has 1 aromatic heterocycles. The molecule has 2 aromatic carbocycles. The second-order valence-corrected chi connectivity index (χ2v) is 7.86. The molecule has 3 heteroatoms. The second kappa shape index (κ2) is 8.71. The van der Waals surface area contributed by atoms with Crippen molar-refractivity contribution in [1.82, 2.24) is 14.5 Å². The maximum Gasteiger partial charge on any atom is 0.124 e. The minimum atomic E-state index is 0.898. The van der Waals surface area contributed by atoms with Crippen molar-refractivity contribution >= 4 is 11.0 Å². The van der Waals surface area contributed by atoms with Crippen LogP contribution < -0.4 is 0 Å². The van der Waals surface area contributed by atoms with Gasteiger partial charge in [0.1, 0.15) is 5.82 Å². The van der Waals surface area contributed by atoms with E-state index in [-0.39, 0.29) is 0 Å². The number of para-hydroxylation sites is 2. The van der Waals surface area contributed by atoms with Crippen molar-refractivity contribution in [1.29, 1.82) is 0 Å². The van der Waals surface area contributed by atoms with Crippen LogP contribution in [0.4, 0.5) is 0 Å².